The van der Waals surface area contributed by atoms with Gasteiger partial charge in [0.2, 0.25) is 11.6 Å². The van der Waals surface area contributed by atoms with Gasteiger partial charge in [0.05, 0.1) is 13.2 Å². The average Bonchev–Trinajstić information content (AvgIpc) is 3.06. The Morgan fingerprint density at radius 2 is 2.04 bits per heavy atom. The number of anilines is 2. The highest BCUT2D eigenvalue weighted by molar-refractivity contribution is 5.91. The monoisotopic (exact) mass is 345 g/mol. The Morgan fingerprint density at radius 3 is 2.72 bits per heavy atom. The minimum absolute atomic E-state index is 0.0556. The number of aromatic nitrogens is 3. The fourth-order valence-corrected chi connectivity index (χ4v) is 2.64. The number of rotatable bonds is 6. The van der Waals surface area contributed by atoms with Crippen molar-refractivity contribution in [1.82, 2.24) is 20.1 Å². The molecular formula is C16H19N5O4. The molecule has 1 aliphatic heterocycles. The summed E-state index contributed by atoms with van der Waals surface area (Å²) in [4.78, 5) is 26.2. The molecule has 3 rings (SSSR count). The molecule has 0 bridgehead atoms. The van der Waals surface area contributed by atoms with Crippen LogP contribution in [0, 0.1) is 0 Å². The van der Waals surface area contributed by atoms with E-state index in [0.29, 0.717) is 25.6 Å². The van der Waals surface area contributed by atoms with Crippen LogP contribution in [0.15, 0.2) is 29.1 Å². The summed E-state index contributed by atoms with van der Waals surface area (Å²) in [7, 11) is 0. The molecule has 0 fully saturated rings. The fourth-order valence-electron chi connectivity index (χ4n) is 2.64. The summed E-state index contributed by atoms with van der Waals surface area (Å²) in [5.41, 5.74) is 0.0977. The van der Waals surface area contributed by atoms with E-state index in [2.05, 4.69) is 15.5 Å². The van der Waals surface area contributed by atoms with Crippen LogP contribution in [0.3, 0.4) is 0 Å². The number of ether oxygens (including phenoxy) is 1. The summed E-state index contributed by atoms with van der Waals surface area (Å²) in [5.74, 6) is 0.527. The topological polar surface area (TPSA) is 110 Å². The van der Waals surface area contributed by atoms with Gasteiger partial charge >= 0.3 is 0 Å². The van der Waals surface area contributed by atoms with Crippen molar-refractivity contribution in [3.05, 3.63) is 40.3 Å². The average molecular weight is 345 g/mol. The molecule has 2 N–H and O–H groups in total. The van der Waals surface area contributed by atoms with E-state index in [1.54, 1.807) is 0 Å². The van der Waals surface area contributed by atoms with Crippen LogP contribution < -0.4 is 20.5 Å². The van der Waals surface area contributed by atoms with Gasteiger partial charge in [0.1, 0.15) is 5.75 Å². The van der Waals surface area contributed by atoms with Gasteiger partial charge in [-0.3, -0.25) is 14.2 Å². The van der Waals surface area contributed by atoms with Crippen LogP contribution >= 0.6 is 0 Å². The summed E-state index contributed by atoms with van der Waals surface area (Å²) >= 11 is 0. The van der Waals surface area contributed by atoms with Gasteiger partial charge in [-0.05, 0) is 31.2 Å². The third kappa shape index (κ3) is 3.31. The number of nitrogens with zero attached hydrogens (tertiary/aromatic N) is 4. The quantitative estimate of drug-likeness (QED) is 0.753. The zero-order valence-electron chi connectivity index (χ0n) is 13.8. The zero-order chi connectivity index (χ0) is 17.8. The van der Waals surface area contributed by atoms with Crippen molar-refractivity contribution in [2.45, 2.75) is 13.5 Å². The van der Waals surface area contributed by atoms with Crippen molar-refractivity contribution in [3.63, 3.8) is 0 Å². The lowest BCUT2D eigenvalue weighted by molar-refractivity contribution is 0.0936. The van der Waals surface area contributed by atoms with Gasteiger partial charge in [-0.15, -0.1) is 10.2 Å². The Balaban J connectivity index is 1.87. The van der Waals surface area contributed by atoms with E-state index >= 15 is 0 Å². The van der Waals surface area contributed by atoms with Crippen LogP contribution in [0.4, 0.5) is 11.6 Å². The van der Waals surface area contributed by atoms with Gasteiger partial charge in [-0.25, -0.2) is 0 Å². The van der Waals surface area contributed by atoms with Gasteiger partial charge in [0.25, 0.3) is 11.5 Å². The van der Waals surface area contributed by atoms with Crippen LogP contribution in [0.2, 0.25) is 0 Å². The largest absolute Gasteiger partial charge is 0.494 e. The minimum Gasteiger partial charge on any atom is -0.494 e. The van der Waals surface area contributed by atoms with E-state index in [4.69, 9.17) is 9.84 Å². The summed E-state index contributed by atoms with van der Waals surface area (Å²) in [6.45, 7) is 3.32. The maximum absolute atomic E-state index is 12.5. The number of benzene rings is 1. The Kier molecular flexibility index (Phi) is 4.94. The Morgan fingerprint density at radius 1 is 1.28 bits per heavy atom. The third-order valence-corrected chi connectivity index (χ3v) is 3.79. The van der Waals surface area contributed by atoms with Gasteiger partial charge in [0, 0.05) is 25.3 Å². The number of carbonyl (C=O) groups excluding carboxylic acids is 1. The molecule has 9 nitrogen and oxygen atoms in total. The van der Waals surface area contributed by atoms with Crippen LogP contribution in [-0.2, 0) is 6.54 Å². The van der Waals surface area contributed by atoms with Crippen molar-refractivity contribution in [2.75, 3.05) is 31.2 Å². The van der Waals surface area contributed by atoms with Crippen LogP contribution in [0.25, 0.3) is 0 Å². The Bertz CT molecular complexity index is 818. The maximum atomic E-state index is 12.5. The Hall–Kier alpha value is -2.94. The van der Waals surface area contributed by atoms with Crippen molar-refractivity contribution in [2.24, 2.45) is 0 Å². The van der Waals surface area contributed by atoms with Crippen molar-refractivity contribution < 1.29 is 14.6 Å². The van der Waals surface area contributed by atoms with Gasteiger partial charge in [-0.1, -0.05) is 0 Å². The van der Waals surface area contributed by atoms with E-state index in [1.165, 1.54) is 4.57 Å². The second-order valence-electron chi connectivity index (χ2n) is 5.36. The predicted octanol–water partition coefficient (Wildman–Crippen LogP) is -0.0892. The molecule has 0 saturated heterocycles. The zero-order valence-corrected chi connectivity index (χ0v) is 13.8. The first kappa shape index (κ1) is 16.9. The summed E-state index contributed by atoms with van der Waals surface area (Å²) in [6.07, 6.45) is 0. The third-order valence-electron chi connectivity index (χ3n) is 3.79. The molecular weight excluding hydrogens is 326 g/mol. The van der Waals surface area contributed by atoms with Gasteiger partial charge < -0.3 is 20.1 Å². The first-order valence-electron chi connectivity index (χ1n) is 8.02. The molecule has 2 heterocycles. The molecule has 25 heavy (non-hydrogen) atoms. The number of hydrogen-bond acceptors (Lipinski definition) is 7. The normalized spacial score (nSPS) is 12.8. The number of carbonyl (C=O) groups is 1. The highest BCUT2D eigenvalue weighted by atomic mass is 16.5. The van der Waals surface area contributed by atoms with E-state index in [0.717, 1.165) is 11.4 Å². The lowest BCUT2D eigenvalue weighted by Gasteiger charge is -2.17. The van der Waals surface area contributed by atoms with Crippen molar-refractivity contribution in [1.29, 1.82) is 0 Å². The molecule has 9 heteroatoms. The van der Waals surface area contributed by atoms with Gasteiger partial charge in [0.15, 0.2) is 0 Å². The molecule has 1 aromatic heterocycles. The molecule has 0 spiro atoms. The first-order chi connectivity index (χ1) is 12.2. The van der Waals surface area contributed by atoms with Crippen LogP contribution in [0.5, 0.6) is 5.75 Å². The summed E-state index contributed by atoms with van der Waals surface area (Å²) in [5, 5.41) is 19.0. The standard InChI is InChI=1S/C16H19N5O4/c1-2-25-12-5-3-11(4-6-12)20-8-9-21-15(24)13(18-19-16(20)21)14(23)17-7-10-22/h3-6,22H,2,7-10H2,1H3,(H,17,23). The lowest BCUT2D eigenvalue weighted by Crippen LogP contribution is -2.36. The molecule has 0 unspecified atom stereocenters. The number of nitrogens with one attached hydrogen (secondary N) is 1. The molecule has 0 saturated carbocycles. The summed E-state index contributed by atoms with van der Waals surface area (Å²) in [6, 6.07) is 7.47. The molecule has 2 aromatic rings. The van der Waals surface area contributed by atoms with E-state index in [-0.39, 0.29) is 18.8 Å². The molecule has 0 atom stereocenters. The van der Waals surface area contributed by atoms with Gasteiger partial charge in [-0.2, -0.15) is 0 Å². The number of amides is 1. The van der Waals surface area contributed by atoms with Crippen molar-refractivity contribution in [3.8, 4) is 5.75 Å². The predicted molar refractivity (Wildman–Crippen MR) is 90.3 cm³/mol. The van der Waals surface area contributed by atoms with E-state index in [1.807, 2.05) is 36.1 Å². The molecule has 0 aliphatic carbocycles. The summed E-state index contributed by atoms with van der Waals surface area (Å²) < 4.78 is 6.85. The van der Waals surface area contributed by atoms with E-state index < -0.39 is 11.5 Å². The molecule has 1 aliphatic rings. The molecule has 1 amide bonds. The molecule has 0 radical (unpaired) electrons. The van der Waals surface area contributed by atoms with E-state index in [9.17, 15) is 9.59 Å². The Labute approximate surface area is 143 Å². The molecule has 132 valence electrons. The molecule has 1 aromatic carbocycles. The van der Waals surface area contributed by atoms with Crippen LogP contribution in [-0.4, -0.2) is 52.1 Å². The number of aliphatic hydroxyl groups excluding tert-OH is 1. The van der Waals surface area contributed by atoms with Crippen LogP contribution in [0.1, 0.15) is 17.4 Å². The van der Waals surface area contributed by atoms with Crippen molar-refractivity contribution >= 4 is 17.5 Å². The smallest absolute Gasteiger partial charge is 0.286 e. The highest BCUT2D eigenvalue weighted by Crippen LogP contribution is 2.28. The second-order valence-corrected chi connectivity index (χ2v) is 5.36. The number of aliphatic hydroxyl groups is 1. The maximum Gasteiger partial charge on any atom is 0.286 e. The second kappa shape index (κ2) is 7.31. The number of hydrogen-bond donors (Lipinski definition) is 2. The first-order valence-corrected chi connectivity index (χ1v) is 8.02. The fraction of sp³-hybridized carbons (Fsp3) is 0.375. The highest BCUT2D eigenvalue weighted by Gasteiger charge is 2.27. The number of fused-ring (bicyclic) bond motifs is 1. The lowest BCUT2D eigenvalue weighted by atomic mass is 10.3. The SMILES string of the molecule is CCOc1ccc(N2CCn3c2nnc(C(=O)NCCO)c3=O)cc1. The minimum atomic E-state index is -0.638.